The molecular formula is C53H72N6O7. The summed E-state index contributed by atoms with van der Waals surface area (Å²) in [4.78, 5) is 82.5. The van der Waals surface area contributed by atoms with Crippen LogP contribution < -0.4 is 16.0 Å². The van der Waals surface area contributed by atoms with Gasteiger partial charge in [0.15, 0.2) is 0 Å². The van der Waals surface area contributed by atoms with E-state index in [2.05, 4.69) is 47.1 Å². The lowest BCUT2D eigenvalue weighted by atomic mass is 9.94. The van der Waals surface area contributed by atoms with Crippen LogP contribution in [0.3, 0.4) is 0 Å². The van der Waals surface area contributed by atoms with Crippen LogP contribution in [0.4, 0.5) is 0 Å². The summed E-state index contributed by atoms with van der Waals surface area (Å²) in [6, 6.07) is 26.4. The van der Waals surface area contributed by atoms with Crippen molar-refractivity contribution in [3.05, 3.63) is 107 Å². The molecule has 0 radical (unpaired) electrons. The van der Waals surface area contributed by atoms with Gasteiger partial charge in [-0.2, -0.15) is 0 Å². The number of carbonyl (C=O) groups excluding carboxylic acids is 5. The van der Waals surface area contributed by atoms with Gasteiger partial charge in [-0.05, 0) is 61.7 Å². The Morgan fingerprint density at radius 2 is 1.00 bits per heavy atom. The van der Waals surface area contributed by atoms with Crippen LogP contribution in [0.15, 0.2) is 84.9 Å². The molecule has 4 fully saturated rings. The summed E-state index contributed by atoms with van der Waals surface area (Å²) in [5.74, 6) is -1.81. The number of carboxylic acid groups (broad SMARTS) is 1. The molecule has 0 bridgehead atoms. The number of benzene rings is 3. The lowest BCUT2D eigenvalue weighted by molar-refractivity contribution is -0.133. The predicted octanol–water partition coefficient (Wildman–Crippen LogP) is 6.99. The second kappa shape index (κ2) is 25.4. The van der Waals surface area contributed by atoms with E-state index < -0.39 is 17.9 Å². The SMILES string of the molecule is CCCCCCCCCCCCCCNC(=O)[C@@H]1CN(C(=O)c2ccc(C(=O)N3C[C@@H](C(=O)N[C@H]4C[C@@H]4c4ccccc4)[C@H](C(=O)N[C@H]4C[C@@H]4c4ccccc4)C3)cc2)CCN1C.O=CO. The van der Waals surface area contributed by atoms with Gasteiger partial charge >= 0.3 is 0 Å². The fourth-order valence-corrected chi connectivity index (χ4v) is 9.68. The number of likely N-dealkylation sites (tertiary alicyclic amines) is 1. The number of hydrogen-bond donors (Lipinski definition) is 4. The van der Waals surface area contributed by atoms with E-state index in [1.807, 2.05) is 48.3 Å². The highest BCUT2D eigenvalue weighted by molar-refractivity contribution is 5.99. The highest BCUT2D eigenvalue weighted by Crippen LogP contribution is 2.42. The second-order valence-corrected chi connectivity index (χ2v) is 18.8. The molecule has 7 atom stereocenters. The molecule has 2 saturated heterocycles. The van der Waals surface area contributed by atoms with Crippen LogP contribution in [0.5, 0.6) is 0 Å². The Bertz CT molecular complexity index is 1960. The number of rotatable bonds is 22. The summed E-state index contributed by atoms with van der Waals surface area (Å²) in [6.07, 6.45) is 16.9. The molecule has 2 heterocycles. The highest BCUT2D eigenvalue weighted by Gasteiger charge is 2.49. The van der Waals surface area contributed by atoms with Crippen molar-refractivity contribution in [1.29, 1.82) is 0 Å². The molecule has 2 aliphatic carbocycles. The van der Waals surface area contributed by atoms with Crippen molar-refractivity contribution in [3.63, 3.8) is 0 Å². The van der Waals surface area contributed by atoms with Crippen molar-refractivity contribution in [2.45, 2.75) is 127 Å². The number of nitrogens with zero attached hydrogens (tertiary/aromatic N) is 3. The average Bonchev–Trinajstić information content (AvgIpc) is 4.25. The Kier molecular flexibility index (Phi) is 19.2. The highest BCUT2D eigenvalue weighted by atomic mass is 16.3. The van der Waals surface area contributed by atoms with E-state index in [9.17, 15) is 24.0 Å². The summed E-state index contributed by atoms with van der Waals surface area (Å²) in [5.41, 5.74) is 3.19. The number of piperazine rings is 1. The minimum Gasteiger partial charge on any atom is -0.483 e. The number of nitrogens with one attached hydrogen (secondary N) is 3. The van der Waals surface area contributed by atoms with Gasteiger partial charge in [0.1, 0.15) is 6.04 Å². The predicted molar refractivity (Wildman–Crippen MR) is 256 cm³/mol. The van der Waals surface area contributed by atoms with Gasteiger partial charge in [0.05, 0.1) is 11.8 Å². The third-order valence-corrected chi connectivity index (χ3v) is 13.9. The van der Waals surface area contributed by atoms with E-state index in [4.69, 9.17) is 9.90 Å². The van der Waals surface area contributed by atoms with Crippen molar-refractivity contribution in [2.75, 3.05) is 46.3 Å². The van der Waals surface area contributed by atoms with Gasteiger partial charge < -0.3 is 30.9 Å². The quantitative estimate of drug-likeness (QED) is 0.0618. The maximum absolute atomic E-state index is 14.0. The van der Waals surface area contributed by atoms with Crippen molar-refractivity contribution in [2.24, 2.45) is 11.8 Å². The smallest absolute Gasteiger partial charge is 0.290 e. The van der Waals surface area contributed by atoms with Crippen LogP contribution in [-0.2, 0) is 19.2 Å². The van der Waals surface area contributed by atoms with Crippen LogP contribution in [0, 0.1) is 11.8 Å². The van der Waals surface area contributed by atoms with Crippen LogP contribution in [0.1, 0.15) is 140 Å². The van der Waals surface area contributed by atoms with Crippen LogP contribution in [0.2, 0.25) is 0 Å². The Morgan fingerprint density at radius 1 is 0.576 bits per heavy atom. The maximum Gasteiger partial charge on any atom is 0.290 e. The first-order chi connectivity index (χ1) is 32.1. The number of likely N-dealkylation sites (N-methyl/N-ethyl adjacent to an activating group) is 1. The topological polar surface area (TPSA) is 168 Å². The molecule has 3 aromatic carbocycles. The zero-order valence-electron chi connectivity index (χ0n) is 39.1. The van der Waals surface area contributed by atoms with E-state index in [1.54, 1.807) is 34.1 Å². The average molecular weight is 905 g/mol. The van der Waals surface area contributed by atoms with E-state index >= 15 is 0 Å². The van der Waals surface area contributed by atoms with Crippen molar-refractivity contribution in [1.82, 2.24) is 30.7 Å². The standard InChI is InChI=1S/C52H70N6O5.CH2O2/c1-3-4-5-6-7-8-9-10-11-12-13-20-29-53-50(61)47-36-57(31-30-56(47)2)51(62)39-25-27-40(28-26-39)52(63)58-34-43(48(59)54-45-32-41(45)37-21-16-14-17-22-37)44(35-58)49(60)55-46-33-42(46)38-23-18-15-19-24-38;2-1-3/h14-19,21-28,41-47H,3-13,20,29-36H2,1-2H3,(H,53,61)(H,54,59)(H,55,60);1H,(H,2,3)/t41-,42-,43-,44-,45+,46+,47+;/m1./s1. The number of hydrogen-bond acceptors (Lipinski definition) is 7. The van der Waals surface area contributed by atoms with Gasteiger partial charge in [-0.1, -0.05) is 138 Å². The van der Waals surface area contributed by atoms with Gasteiger partial charge in [0.25, 0.3) is 18.3 Å². The number of amides is 5. The van der Waals surface area contributed by atoms with Crippen molar-refractivity contribution < 1.29 is 33.9 Å². The van der Waals surface area contributed by atoms with Crippen molar-refractivity contribution >= 4 is 36.0 Å². The van der Waals surface area contributed by atoms with Crippen LogP contribution in [0.25, 0.3) is 0 Å². The Morgan fingerprint density at radius 3 is 1.45 bits per heavy atom. The molecule has 13 nitrogen and oxygen atoms in total. The van der Waals surface area contributed by atoms with E-state index in [1.165, 1.54) is 75.3 Å². The number of unbranched alkanes of at least 4 members (excludes halogenated alkanes) is 11. The monoisotopic (exact) mass is 905 g/mol. The molecular weight excluding hydrogens is 833 g/mol. The first kappa shape index (κ1) is 49.9. The van der Waals surface area contributed by atoms with Gasteiger partial charge in [-0.15, -0.1) is 0 Å². The lowest BCUT2D eigenvalue weighted by Crippen LogP contribution is -2.58. The lowest BCUT2D eigenvalue weighted by Gasteiger charge is -2.38. The minimum atomic E-state index is -0.687. The molecule has 13 heteroatoms. The molecule has 5 amide bonds. The number of carbonyl (C=O) groups is 6. The maximum atomic E-state index is 14.0. The molecule has 0 aromatic heterocycles. The summed E-state index contributed by atoms with van der Waals surface area (Å²) in [7, 11) is 1.93. The normalized spacial score (nSPS) is 23.2. The molecule has 7 rings (SSSR count). The van der Waals surface area contributed by atoms with Gasteiger partial charge in [-0.3, -0.25) is 33.7 Å². The first-order valence-corrected chi connectivity index (χ1v) is 24.6. The van der Waals surface area contributed by atoms with Gasteiger partial charge in [-0.25, -0.2) is 0 Å². The molecule has 4 aliphatic rings. The minimum absolute atomic E-state index is 0.00151. The zero-order chi connectivity index (χ0) is 46.8. The summed E-state index contributed by atoms with van der Waals surface area (Å²) < 4.78 is 0. The third-order valence-electron chi connectivity index (χ3n) is 13.9. The molecule has 4 N–H and O–H groups in total. The van der Waals surface area contributed by atoms with Crippen LogP contribution in [-0.4, -0.2) is 120 Å². The fourth-order valence-electron chi connectivity index (χ4n) is 9.68. The Labute approximate surface area is 391 Å². The summed E-state index contributed by atoms with van der Waals surface area (Å²) in [6.45, 7) is 4.28. The zero-order valence-corrected chi connectivity index (χ0v) is 39.1. The largest absolute Gasteiger partial charge is 0.483 e. The van der Waals surface area contributed by atoms with Crippen molar-refractivity contribution in [3.8, 4) is 0 Å². The summed E-state index contributed by atoms with van der Waals surface area (Å²) in [5, 5.41) is 16.4. The van der Waals surface area contributed by atoms with Crippen LogP contribution >= 0.6 is 0 Å². The molecule has 66 heavy (non-hydrogen) atoms. The van der Waals surface area contributed by atoms with Gasteiger partial charge in [0, 0.05) is 74.3 Å². The van der Waals surface area contributed by atoms with E-state index in [0.717, 1.165) is 25.7 Å². The Hall–Kier alpha value is -5.56. The second-order valence-electron chi connectivity index (χ2n) is 18.8. The third kappa shape index (κ3) is 14.2. The molecule has 3 aromatic rings. The molecule has 356 valence electrons. The Balaban J connectivity index is 0.00000234. The van der Waals surface area contributed by atoms with E-state index in [-0.39, 0.29) is 73.0 Å². The fraction of sp³-hybridized carbons (Fsp3) is 0.547. The molecule has 0 unspecified atom stereocenters. The summed E-state index contributed by atoms with van der Waals surface area (Å²) >= 11 is 0. The molecule has 0 spiro atoms. The van der Waals surface area contributed by atoms with E-state index in [0.29, 0.717) is 37.3 Å². The molecule has 2 saturated carbocycles. The first-order valence-electron chi connectivity index (χ1n) is 24.6. The van der Waals surface area contributed by atoms with Gasteiger partial charge in [0.2, 0.25) is 17.7 Å². The molecule has 2 aliphatic heterocycles.